The Balaban J connectivity index is 2.32. The van der Waals surface area contributed by atoms with Crippen LogP contribution in [-0.4, -0.2) is 19.6 Å². The van der Waals surface area contributed by atoms with Crippen LogP contribution in [0.15, 0.2) is 10.5 Å². The zero-order valence-electron chi connectivity index (χ0n) is 8.68. The number of hydrogen-bond acceptors (Lipinski definition) is 2. The molecule has 1 nitrogen and oxygen atoms in total. The van der Waals surface area contributed by atoms with Crippen molar-refractivity contribution >= 4 is 38.9 Å². The van der Waals surface area contributed by atoms with Gasteiger partial charge >= 0.3 is 0 Å². The third-order valence-corrected chi connectivity index (χ3v) is 4.78. The molecule has 1 unspecified atom stereocenters. The summed E-state index contributed by atoms with van der Waals surface area (Å²) >= 11 is 11.1. The molecule has 0 N–H and O–H groups in total. The second-order valence-electron chi connectivity index (χ2n) is 3.28. The topological polar surface area (TPSA) is 9.23 Å². The third kappa shape index (κ3) is 4.65. The minimum absolute atomic E-state index is 0.173. The molecular weight excluding hydrogens is 322 g/mol. The molecule has 1 rings (SSSR count). The fraction of sp³-hybridized carbons (Fsp3) is 0.600. The van der Waals surface area contributed by atoms with Crippen LogP contribution in [0, 0.1) is 6.92 Å². The molecule has 6 heteroatoms. The number of alkyl halides is 3. The maximum atomic E-state index is 11.8. The van der Waals surface area contributed by atoms with E-state index in [0.717, 1.165) is 14.2 Å². The minimum atomic E-state index is -2.41. The van der Waals surface area contributed by atoms with Crippen LogP contribution in [0.4, 0.5) is 8.78 Å². The Bertz CT molecular complexity index is 313. The molecule has 0 fully saturated rings. The highest BCUT2D eigenvalue weighted by Crippen LogP contribution is 2.35. The first-order chi connectivity index (χ1) is 7.50. The number of rotatable bonds is 6. The fourth-order valence-electron chi connectivity index (χ4n) is 1.14. The van der Waals surface area contributed by atoms with Gasteiger partial charge in [-0.2, -0.15) is 0 Å². The molecule has 92 valence electrons. The lowest BCUT2D eigenvalue weighted by molar-refractivity contribution is 0.0166. The molecular formula is C10H12BrClF2OS. The Kier molecular flexibility index (Phi) is 6.18. The molecule has 0 aromatic carbocycles. The van der Waals surface area contributed by atoms with Crippen molar-refractivity contribution in [1.29, 1.82) is 0 Å². The van der Waals surface area contributed by atoms with Gasteiger partial charge in [0, 0.05) is 20.8 Å². The van der Waals surface area contributed by atoms with Crippen molar-refractivity contribution in [2.45, 2.75) is 25.1 Å². The van der Waals surface area contributed by atoms with Crippen molar-refractivity contribution in [2.24, 2.45) is 0 Å². The highest BCUT2D eigenvalue weighted by Gasteiger charge is 2.13. The van der Waals surface area contributed by atoms with E-state index in [1.54, 1.807) is 11.3 Å². The van der Waals surface area contributed by atoms with Crippen LogP contribution in [0.2, 0.25) is 0 Å². The van der Waals surface area contributed by atoms with Gasteiger partial charge in [0.05, 0.1) is 5.38 Å². The van der Waals surface area contributed by atoms with Crippen LogP contribution in [0.3, 0.4) is 0 Å². The number of thiophene rings is 1. The van der Waals surface area contributed by atoms with Crippen molar-refractivity contribution in [1.82, 2.24) is 0 Å². The molecule has 0 aliphatic heterocycles. The van der Waals surface area contributed by atoms with E-state index < -0.39 is 13.0 Å². The monoisotopic (exact) mass is 332 g/mol. The summed E-state index contributed by atoms with van der Waals surface area (Å²) < 4.78 is 29.4. The van der Waals surface area contributed by atoms with E-state index >= 15 is 0 Å². The number of aryl methyl sites for hydroxylation is 1. The van der Waals surface area contributed by atoms with E-state index in [2.05, 4.69) is 15.9 Å². The Morgan fingerprint density at radius 2 is 2.25 bits per heavy atom. The van der Waals surface area contributed by atoms with Crippen molar-refractivity contribution in [3.05, 3.63) is 20.3 Å². The van der Waals surface area contributed by atoms with Gasteiger partial charge in [0.15, 0.2) is 0 Å². The quantitative estimate of drug-likeness (QED) is 0.538. The van der Waals surface area contributed by atoms with Gasteiger partial charge in [-0.3, -0.25) is 0 Å². The van der Waals surface area contributed by atoms with Crippen molar-refractivity contribution in [3.8, 4) is 0 Å². The van der Waals surface area contributed by atoms with E-state index in [9.17, 15) is 8.78 Å². The average molecular weight is 334 g/mol. The van der Waals surface area contributed by atoms with Gasteiger partial charge < -0.3 is 4.74 Å². The number of halogens is 4. The second kappa shape index (κ2) is 6.89. The highest BCUT2D eigenvalue weighted by molar-refractivity contribution is 9.10. The molecule has 0 bridgehead atoms. The molecule has 1 heterocycles. The summed E-state index contributed by atoms with van der Waals surface area (Å²) in [5.74, 6) is 0. The van der Waals surface area contributed by atoms with Gasteiger partial charge in [-0.25, -0.2) is 8.78 Å². The zero-order valence-corrected chi connectivity index (χ0v) is 11.8. The lowest BCUT2D eigenvalue weighted by Gasteiger charge is -2.07. The summed E-state index contributed by atoms with van der Waals surface area (Å²) in [6, 6.07) is 1.96. The number of ether oxygens (including phenoxy) is 1. The summed E-state index contributed by atoms with van der Waals surface area (Å²) in [6.45, 7) is 1.74. The number of hydrogen-bond donors (Lipinski definition) is 0. The molecule has 1 aromatic rings. The molecule has 1 atom stereocenters. The predicted molar refractivity (Wildman–Crippen MR) is 66.8 cm³/mol. The second-order valence-corrected chi connectivity index (χ2v) is 5.94. The van der Waals surface area contributed by atoms with Crippen molar-refractivity contribution in [3.63, 3.8) is 0 Å². The van der Waals surface area contributed by atoms with E-state index in [-0.39, 0.29) is 12.0 Å². The minimum Gasteiger partial charge on any atom is -0.375 e. The van der Waals surface area contributed by atoms with E-state index in [1.807, 2.05) is 13.0 Å². The van der Waals surface area contributed by atoms with Crippen LogP contribution >= 0.6 is 38.9 Å². The molecule has 1 aromatic heterocycles. The predicted octanol–water partition coefficient (Wildman–Crippen LogP) is 4.77. The maximum Gasteiger partial charge on any atom is 0.261 e. The first kappa shape index (κ1) is 14.4. The summed E-state index contributed by atoms with van der Waals surface area (Å²) in [4.78, 5) is 2.20. The standard InChI is InChI=1S/C10H12BrClF2OS/c1-6-7(11)4-9(16-6)8(12)2-3-15-5-10(13)14/h4,8,10H,2-3,5H2,1H3. The van der Waals surface area contributed by atoms with Gasteiger partial charge in [0.1, 0.15) is 6.61 Å². The molecule has 0 saturated carbocycles. The summed E-state index contributed by atoms with van der Waals surface area (Å²) in [7, 11) is 0. The first-order valence-corrected chi connectivity index (χ1v) is 6.81. The van der Waals surface area contributed by atoms with Crippen LogP contribution in [0.5, 0.6) is 0 Å². The fourth-order valence-corrected chi connectivity index (χ4v) is 3.00. The normalized spacial score (nSPS) is 13.4. The van der Waals surface area contributed by atoms with Crippen LogP contribution in [-0.2, 0) is 4.74 Å². The van der Waals surface area contributed by atoms with Crippen LogP contribution in [0.1, 0.15) is 21.6 Å². The van der Waals surface area contributed by atoms with Gasteiger partial charge in [-0.05, 0) is 35.3 Å². The Hall–Kier alpha value is 0.290. The van der Waals surface area contributed by atoms with Crippen molar-refractivity contribution < 1.29 is 13.5 Å². The van der Waals surface area contributed by atoms with Crippen LogP contribution in [0.25, 0.3) is 0 Å². The summed E-state index contributed by atoms with van der Waals surface area (Å²) in [5, 5.41) is -0.173. The van der Waals surface area contributed by atoms with E-state index in [0.29, 0.717) is 6.42 Å². The molecule has 0 saturated heterocycles. The summed E-state index contributed by atoms with van der Waals surface area (Å²) in [6.07, 6.45) is -1.87. The van der Waals surface area contributed by atoms with Gasteiger partial charge in [0.25, 0.3) is 6.43 Å². The van der Waals surface area contributed by atoms with Crippen molar-refractivity contribution in [2.75, 3.05) is 13.2 Å². The lowest BCUT2D eigenvalue weighted by atomic mass is 10.2. The SMILES string of the molecule is Cc1sc(C(Cl)CCOCC(F)F)cc1Br. The molecule has 16 heavy (non-hydrogen) atoms. The maximum absolute atomic E-state index is 11.8. The van der Waals surface area contributed by atoms with Crippen LogP contribution < -0.4 is 0 Å². The first-order valence-electron chi connectivity index (χ1n) is 4.76. The Morgan fingerprint density at radius 1 is 1.56 bits per heavy atom. The smallest absolute Gasteiger partial charge is 0.261 e. The highest BCUT2D eigenvalue weighted by atomic mass is 79.9. The molecule has 0 aliphatic carbocycles. The van der Waals surface area contributed by atoms with Gasteiger partial charge in [0.2, 0.25) is 0 Å². The largest absolute Gasteiger partial charge is 0.375 e. The van der Waals surface area contributed by atoms with Gasteiger partial charge in [-0.1, -0.05) is 0 Å². The molecule has 0 aliphatic rings. The van der Waals surface area contributed by atoms with E-state index in [1.165, 1.54) is 0 Å². The Labute approximate surface area is 111 Å². The van der Waals surface area contributed by atoms with Gasteiger partial charge in [-0.15, -0.1) is 22.9 Å². The Morgan fingerprint density at radius 3 is 2.75 bits per heavy atom. The molecule has 0 spiro atoms. The summed E-state index contributed by atoms with van der Waals surface area (Å²) in [5.41, 5.74) is 0. The molecule has 0 radical (unpaired) electrons. The molecule has 0 amide bonds. The zero-order chi connectivity index (χ0) is 12.1. The third-order valence-electron chi connectivity index (χ3n) is 1.94. The average Bonchev–Trinajstić information content (AvgIpc) is 2.54. The van der Waals surface area contributed by atoms with E-state index in [4.69, 9.17) is 16.3 Å². The lowest BCUT2D eigenvalue weighted by Crippen LogP contribution is -2.06.